The maximum absolute atomic E-state index is 5.41. The van der Waals surface area contributed by atoms with Gasteiger partial charge < -0.3 is 19.8 Å². The largest absolute Gasteiger partial charge is 0.497 e. The van der Waals surface area contributed by atoms with Crippen molar-refractivity contribution in [1.82, 2.24) is 20.4 Å². The molecule has 0 atom stereocenters. The van der Waals surface area contributed by atoms with Crippen LogP contribution in [0.5, 0.6) is 5.75 Å². The first-order valence-electron chi connectivity index (χ1n) is 10.3. The quantitative estimate of drug-likeness (QED) is 0.305. The van der Waals surface area contributed by atoms with Crippen molar-refractivity contribution in [2.75, 3.05) is 20.2 Å². The highest BCUT2D eigenvalue weighted by molar-refractivity contribution is 5.79. The van der Waals surface area contributed by atoms with Crippen molar-refractivity contribution in [2.24, 2.45) is 4.99 Å². The predicted octanol–water partition coefficient (Wildman–Crippen LogP) is 3.47. The van der Waals surface area contributed by atoms with Crippen LogP contribution in [-0.2, 0) is 19.5 Å². The van der Waals surface area contributed by atoms with Gasteiger partial charge >= 0.3 is 0 Å². The highest BCUT2D eigenvalue weighted by atomic mass is 16.5. The van der Waals surface area contributed by atoms with Crippen LogP contribution in [0.25, 0.3) is 0 Å². The number of guanidine groups is 1. The molecule has 0 aliphatic carbocycles. The number of hydrogen-bond donors (Lipinski definition) is 2. The van der Waals surface area contributed by atoms with E-state index < -0.39 is 0 Å². The number of methoxy groups -OCH3 is 1. The van der Waals surface area contributed by atoms with E-state index in [1.807, 2.05) is 43.3 Å². The Bertz CT molecular complexity index is 914. The van der Waals surface area contributed by atoms with Crippen LogP contribution in [0.4, 0.5) is 0 Å². The van der Waals surface area contributed by atoms with Gasteiger partial charge in [-0.1, -0.05) is 12.1 Å². The molecular formula is C23H31N5O2. The molecule has 1 aromatic carbocycles. The molecule has 0 saturated carbocycles. The number of nitrogens with zero attached hydrogens (tertiary/aromatic N) is 3. The molecule has 0 amide bonds. The van der Waals surface area contributed by atoms with Crippen LogP contribution >= 0.6 is 0 Å². The zero-order valence-electron chi connectivity index (χ0n) is 18.0. The molecular weight excluding hydrogens is 378 g/mol. The van der Waals surface area contributed by atoms with E-state index in [1.54, 1.807) is 13.4 Å². The molecule has 2 N–H and O–H groups in total. The molecule has 7 heteroatoms. The lowest BCUT2D eigenvalue weighted by atomic mass is 10.2. The summed E-state index contributed by atoms with van der Waals surface area (Å²) in [5, 5.41) is 11.3. The minimum Gasteiger partial charge on any atom is -0.497 e. The number of aliphatic imine (C=N–C) groups is 1. The topological polar surface area (TPSA) is 76.6 Å². The third-order valence-electron chi connectivity index (χ3n) is 4.77. The summed E-state index contributed by atoms with van der Waals surface area (Å²) in [6.07, 6.45) is 3.47. The van der Waals surface area contributed by atoms with Crippen LogP contribution in [0.15, 0.2) is 58.1 Å². The predicted molar refractivity (Wildman–Crippen MR) is 119 cm³/mol. The molecule has 0 aliphatic rings. The van der Waals surface area contributed by atoms with Crippen molar-refractivity contribution >= 4 is 5.96 Å². The van der Waals surface area contributed by atoms with E-state index in [0.29, 0.717) is 6.54 Å². The van der Waals surface area contributed by atoms with Crippen molar-refractivity contribution in [2.45, 2.75) is 39.8 Å². The van der Waals surface area contributed by atoms with Gasteiger partial charge in [0, 0.05) is 31.7 Å². The summed E-state index contributed by atoms with van der Waals surface area (Å²) < 4.78 is 12.7. The van der Waals surface area contributed by atoms with Gasteiger partial charge in [0.25, 0.3) is 0 Å². The molecule has 0 spiro atoms. The highest BCUT2D eigenvalue weighted by Gasteiger charge is 2.03. The summed E-state index contributed by atoms with van der Waals surface area (Å²) in [5.74, 6) is 2.61. The number of benzene rings is 1. The Morgan fingerprint density at radius 3 is 2.60 bits per heavy atom. The van der Waals surface area contributed by atoms with Gasteiger partial charge in [0.05, 0.1) is 25.6 Å². The number of rotatable bonds is 10. The number of hydrogen-bond acceptors (Lipinski definition) is 4. The smallest absolute Gasteiger partial charge is 0.191 e. The molecule has 160 valence electrons. The van der Waals surface area contributed by atoms with E-state index in [9.17, 15) is 0 Å². The Hall–Kier alpha value is -3.22. The lowest BCUT2D eigenvalue weighted by Gasteiger charge is -2.13. The highest BCUT2D eigenvalue weighted by Crippen LogP contribution is 2.11. The second-order valence-electron chi connectivity index (χ2n) is 7.20. The number of aromatic nitrogens is 2. The number of nitrogens with one attached hydrogen (secondary N) is 2. The molecule has 0 fully saturated rings. The molecule has 0 saturated heterocycles. The van der Waals surface area contributed by atoms with Gasteiger partial charge in [0.15, 0.2) is 5.96 Å². The first-order chi connectivity index (χ1) is 14.6. The van der Waals surface area contributed by atoms with Gasteiger partial charge in [-0.3, -0.25) is 4.68 Å². The fraction of sp³-hybridized carbons (Fsp3) is 0.391. The third-order valence-corrected chi connectivity index (χ3v) is 4.77. The average molecular weight is 410 g/mol. The normalized spacial score (nSPS) is 11.5. The summed E-state index contributed by atoms with van der Waals surface area (Å²) in [5.41, 5.74) is 3.38. The van der Waals surface area contributed by atoms with Crippen molar-refractivity contribution in [1.29, 1.82) is 0 Å². The zero-order valence-corrected chi connectivity index (χ0v) is 18.0. The van der Waals surface area contributed by atoms with E-state index in [-0.39, 0.29) is 0 Å². The van der Waals surface area contributed by atoms with Crippen LogP contribution in [0.3, 0.4) is 0 Å². The van der Waals surface area contributed by atoms with Crippen molar-refractivity contribution < 1.29 is 9.15 Å². The molecule has 2 heterocycles. The van der Waals surface area contributed by atoms with Gasteiger partial charge in [0.1, 0.15) is 11.5 Å². The second kappa shape index (κ2) is 11.1. The first kappa shape index (κ1) is 21.5. The molecule has 3 rings (SSSR count). The van der Waals surface area contributed by atoms with E-state index in [2.05, 4.69) is 33.4 Å². The number of ether oxygens (including phenoxy) is 1. The Kier molecular flexibility index (Phi) is 7.94. The van der Waals surface area contributed by atoms with Gasteiger partial charge in [-0.2, -0.15) is 5.10 Å². The summed E-state index contributed by atoms with van der Waals surface area (Å²) in [7, 11) is 1.67. The van der Waals surface area contributed by atoms with Crippen LogP contribution < -0.4 is 15.4 Å². The Labute approximate surface area is 178 Å². The van der Waals surface area contributed by atoms with Gasteiger partial charge in [-0.15, -0.1) is 0 Å². The van der Waals surface area contributed by atoms with Crippen LogP contribution in [0.2, 0.25) is 0 Å². The fourth-order valence-electron chi connectivity index (χ4n) is 3.17. The summed E-state index contributed by atoms with van der Waals surface area (Å²) in [4.78, 5) is 4.74. The number of aryl methyl sites for hydroxylation is 3. The summed E-state index contributed by atoms with van der Waals surface area (Å²) in [6, 6.07) is 14.0. The van der Waals surface area contributed by atoms with E-state index in [0.717, 1.165) is 61.2 Å². The molecule has 2 aromatic heterocycles. The lowest BCUT2D eigenvalue weighted by molar-refractivity contribution is 0.414. The molecule has 0 bridgehead atoms. The van der Waals surface area contributed by atoms with Crippen LogP contribution in [0, 0.1) is 13.8 Å². The second-order valence-corrected chi connectivity index (χ2v) is 7.20. The van der Waals surface area contributed by atoms with Gasteiger partial charge in [0.2, 0.25) is 0 Å². The molecule has 7 nitrogen and oxygen atoms in total. The molecule has 30 heavy (non-hydrogen) atoms. The van der Waals surface area contributed by atoms with Gasteiger partial charge in [-0.25, -0.2) is 4.99 Å². The molecule has 0 aliphatic heterocycles. The lowest BCUT2D eigenvalue weighted by Crippen LogP contribution is -2.39. The van der Waals surface area contributed by atoms with Crippen LogP contribution in [-0.4, -0.2) is 35.9 Å². The standard InChI is InChI=1S/C23H31N5O2/c1-18-16-19(2)28(27-18)14-5-12-24-23(25-13-11-22-6-4-15-30-22)26-17-20-7-9-21(29-3)10-8-20/h4,6-10,15-16H,5,11-14,17H2,1-3H3,(H2,24,25,26). The van der Waals surface area contributed by atoms with Crippen molar-refractivity contribution in [3.63, 3.8) is 0 Å². The maximum Gasteiger partial charge on any atom is 0.191 e. The van der Waals surface area contributed by atoms with E-state index in [1.165, 1.54) is 5.69 Å². The minimum atomic E-state index is 0.595. The fourth-order valence-corrected chi connectivity index (χ4v) is 3.17. The average Bonchev–Trinajstić information content (AvgIpc) is 3.38. The van der Waals surface area contributed by atoms with E-state index >= 15 is 0 Å². The molecule has 3 aromatic rings. The van der Waals surface area contributed by atoms with Crippen molar-refractivity contribution in [3.8, 4) is 5.75 Å². The molecule has 0 radical (unpaired) electrons. The van der Waals surface area contributed by atoms with Crippen LogP contribution in [0.1, 0.15) is 29.1 Å². The van der Waals surface area contributed by atoms with Crippen molar-refractivity contribution in [3.05, 3.63) is 71.4 Å². The third kappa shape index (κ3) is 6.69. The SMILES string of the molecule is COc1ccc(CN=C(NCCCn2nc(C)cc2C)NCCc2ccco2)cc1. The zero-order chi connectivity index (χ0) is 21.2. The maximum atomic E-state index is 5.41. The Morgan fingerprint density at radius 1 is 1.13 bits per heavy atom. The Balaban J connectivity index is 1.52. The monoisotopic (exact) mass is 409 g/mol. The molecule has 0 unspecified atom stereocenters. The summed E-state index contributed by atoms with van der Waals surface area (Å²) >= 11 is 0. The minimum absolute atomic E-state index is 0.595. The Morgan fingerprint density at radius 2 is 1.93 bits per heavy atom. The first-order valence-corrected chi connectivity index (χ1v) is 10.3. The number of furan rings is 1. The van der Waals surface area contributed by atoms with E-state index in [4.69, 9.17) is 14.1 Å². The van der Waals surface area contributed by atoms with Gasteiger partial charge in [-0.05, 0) is 56.2 Å². The summed E-state index contributed by atoms with van der Waals surface area (Å²) in [6.45, 7) is 7.15.